The lowest BCUT2D eigenvalue weighted by molar-refractivity contribution is 0.330. The third kappa shape index (κ3) is 2.73. The van der Waals surface area contributed by atoms with Gasteiger partial charge in [-0.3, -0.25) is 4.98 Å². The van der Waals surface area contributed by atoms with Gasteiger partial charge in [-0.15, -0.1) is 0 Å². The topological polar surface area (TPSA) is 61.1 Å². The van der Waals surface area contributed by atoms with E-state index in [-0.39, 0.29) is 6.04 Å². The first kappa shape index (κ1) is 16.9. The summed E-state index contributed by atoms with van der Waals surface area (Å²) >= 11 is 0. The first-order chi connectivity index (χ1) is 13.6. The molecule has 7 heteroatoms. The fraction of sp³-hybridized carbons (Fsp3) is 0.333. The molecule has 2 unspecified atom stereocenters. The van der Waals surface area contributed by atoms with Crippen LogP contribution in [0.5, 0.6) is 0 Å². The van der Waals surface area contributed by atoms with Crippen molar-refractivity contribution in [1.29, 1.82) is 0 Å². The quantitative estimate of drug-likeness (QED) is 0.468. The molecule has 5 rings (SSSR count). The molecule has 28 heavy (non-hydrogen) atoms. The highest BCUT2D eigenvalue weighted by Gasteiger charge is 2.30. The van der Waals surface area contributed by atoms with Crippen LogP contribution in [-0.4, -0.2) is 25.9 Å². The van der Waals surface area contributed by atoms with Crippen molar-refractivity contribution in [3.8, 4) is 0 Å². The summed E-state index contributed by atoms with van der Waals surface area (Å²) < 4.78 is 21.6. The lowest BCUT2D eigenvalue weighted by atomic mass is 10.1. The Bertz CT molecular complexity index is 1240. The number of fused-ring (bicyclic) bond motifs is 3. The molecule has 6 nitrogen and oxygen atoms in total. The number of rotatable bonds is 3. The molecule has 1 fully saturated rings. The largest absolute Gasteiger partial charge is 0.361 e. The lowest BCUT2D eigenvalue weighted by Crippen LogP contribution is -2.11. The van der Waals surface area contributed by atoms with Crippen LogP contribution in [0.4, 0.5) is 10.1 Å². The molecule has 1 saturated carbocycles. The van der Waals surface area contributed by atoms with Crippen LogP contribution >= 0.6 is 0 Å². The minimum absolute atomic E-state index is 0.0289. The number of benzene rings is 1. The first-order valence-electron chi connectivity index (χ1n) is 9.35. The van der Waals surface area contributed by atoms with Gasteiger partial charge in [-0.05, 0) is 38.3 Å². The van der Waals surface area contributed by atoms with Crippen molar-refractivity contribution in [2.24, 2.45) is 0 Å². The van der Waals surface area contributed by atoms with Crippen LogP contribution < -0.4 is 0 Å². The van der Waals surface area contributed by atoms with E-state index >= 15 is 0 Å². The Labute approximate surface area is 160 Å². The van der Waals surface area contributed by atoms with Crippen LogP contribution in [0.3, 0.4) is 0 Å². The van der Waals surface area contributed by atoms with Gasteiger partial charge in [0, 0.05) is 17.5 Å². The summed E-state index contributed by atoms with van der Waals surface area (Å²) in [6, 6.07) is 7.39. The second-order valence-electron chi connectivity index (χ2n) is 7.38. The van der Waals surface area contributed by atoms with E-state index in [4.69, 9.17) is 16.1 Å². The maximum absolute atomic E-state index is 14.0. The molecule has 3 heterocycles. The Hall–Kier alpha value is -3.27. The molecule has 2 atom stereocenters. The van der Waals surface area contributed by atoms with Gasteiger partial charge in [0.15, 0.2) is 5.69 Å². The van der Waals surface area contributed by atoms with Gasteiger partial charge in [0.05, 0.1) is 35.9 Å². The number of hydrogen-bond donors (Lipinski definition) is 0. The lowest BCUT2D eigenvalue weighted by Gasteiger charge is -2.17. The van der Waals surface area contributed by atoms with Crippen LogP contribution in [-0.2, 0) is 6.42 Å². The minimum atomic E-state index is -0.797. The van der Waals surface area contributed by atoms with Crippen molar-refractivity contribution in [3.63, 3.8) is 0 Å². The molecular formula is C21H18FN5O. The van der Waals surface area contributed by atoms with E-state index in [1.807, 2.05) is 25.1 Å². The molecule has 0 N–H and O–H groups in total. The standard InChI is InChI=1S/C21H18FN5O/c1-12-7-16(28-26-12)10-20-25-19-11-24-18-6-4-14(23-2)9-17(18)21(19)27(20)15-5-3-13(22)8-15/h4,6-7,9,11,13,15H,3,5,8,10H2,1H3. The number of halogens is 1. The molecule has 4 aromatic rings. The molecular weight excluding hydrogens is 357 g/mol. The second kappa shape index (κ2) is 6.41. The molecule has 0 radical (unpaired) electrons. The van der Waals surface area contributed by atoms with Crippen LogP contribution in [0.25, 0.3) is 26.8 Å². The summed E-state index contributed by atoms with van der Waals surface area (Å²) in [5, 5.41) is 4.84. The molecule has 1 aliphatic carbocycles. The molecule has 0 amide bonds. The fourth-order valence-corrected chi connectivity index (χ4v) is 4.19. The second-order valence-corrected chi connectivity index (χ2v) is 7.38. The highest BCUT2D eigenvalue weighted by molar-refractivity contribution is 6.03. The van der Waals surface area contributed by atoms with Gasteiger partial charge in [-0.25, -0.2) is 14.2 Å². The van der Waals surface area contributed by atoms with E-state index < -0.39 is 6.17 Å². The Morgan fingerprint density at radius 3 is 2.89 bits per heavy atom. The summed E-state index contributed by atoms with van der Waals surface area (Å²) in [4.78, 5) is 12.9. The number of nitrogens with zero attached hydrogens (tertiary/aromatic N) is 5. The molecule has 0 aliphatic heterocycles. The maximum atomic E-state index is 14.0. The molecule has 140 valence electrons. The SMILES string of the molecule is [C-]#[N+]c1ccc2ncc3nc(Cc4cc(C)no4)n(C4CCC(F)C4)c3c2c1. The average Bonchev–Trinajstić information content (AvgIpc) is 3.39. The van der Waals surface area contributed by atoms with Gasteiger partial charge in [-0.1, -0.05) is 11.2 Å². The molecule has 0 saturated heterocycles. The van der Waals surface area contributed by atoms with Crippen LogP contribution in [0.1, 0.15) is 42.6 Å². The number of imidazole rings is 1. The van der Waals surface area contributed by atoms with Gasteiger partial charge in [0.2, 0.25) is 0 Å². The van der Waals surface area contributed by atoms with Crippen molar-refractivity contribution in [3.05, 3.63) is 59.2 Å². The van der Waals surface area contributed by atoms with E-state index in [1.54, 1.807) is 12.3 Å². The third-order valence-electron chi connectivity index (χ3n) is 5.42. The minimum Gasteiger partial charge on any atom is -0.361 e. The maximum Gasteiger partial charge on any atom is 0.188 e. The Balaban J connectivity index is 1.76. The monoisotopic (exact) mass is 375 g/mol. The van der Waals surface area contributed by atoms with Gasteiger partial charge < -0.3 is 9.09 Å². The highest BCUT2D eigenvalue weighted by Crippen LogP contribution is 2.38. The van der Waals surface area contributed by atoms with Crippen molar-refractivity contribution < 1.29 is 8.91 Å². The van der Waals surface area contributed by atoms with Gasteiger partial charge in [0.1, 0.15) is 23.3 Å². The third-order valence-corrected chi connectivity index (χ3v) is 5.42. The van der Waals surface area contributed by atoms with Gasteiger partial charge in [0.25, 0.3) is 0 Å². The Kier molecular flexibility index (Phi) is 3.86. The molecule has 1 aromatic carbocycles. The Morgan fingerprint density at radius 1 is 1.29 bits per heavy atom. The molecule has 3 aromatic heterocycles. The number of aryl methyl sites for hydroxylation is 1. The number of alkyl halides is 1. The average molecular weight is 375 g/mol. The van der Waals surface area contributed by atoms with E-state index in [0.717, 1.165) is 45.6 Å². The van der Waals surface area contributed by atoms with E-state index in [9.17, 15) is 4.39 Å². The molecule has 0 bridgehead atoms. The summed E-state index contributed by atoms with van der Waals surface area (Å²) in [6.07, 6.45) is 3.23. The summed E-state index contributed by atoms with van der Waals surface area (Å²) in [7, 11) is 0. The normalized spacial score (nSPS) is 19.5. The summed E-state index contributed by atoms with van der Waals surface area (Å²) in [5.74, 6) is 1.54. The smallest absolute Gasteiger partial charge is 0.188 e. The van der Waals surface area contributed by atoms with Crippen LogP contribution in [0, 0.1) is 13.5 Å². The number of hydrogen-bond acceptors (Lipinski definition) is 4. The van der Waals surface area contributed by atoms with Crippen molar-refractivity contribution in [2.75, 3.05) is 0 Å². The van der Waals surface area contributed by atoms with Gasteiger partial charge in [-0.2, -0.15) is 0 Å². The Morgan fingerprint density at radius 2 is 2.18 bits per heavy atom. The summed E-state index contributed by atoms with van der Waals surface area (Å²) in [5.41, 5.74) is 3.84. The van der Waals surface area contributed by atoms with Gasteiger partial charge >= 0.3 is 0 Å². The van der Waals surface area contributed by atoms with Crippen LogP contribution in [0.2, 0.25) is 0 Å². The zero-order chi connectivity index (χ0) is 19.3. The van der Waals surface area contributed by atoms with Crippen molar-refractivity contribution in [1.82, 2.24) is 19.7 Å². The number of aromatic nitrogens is 4. The van der Waals surface area contributed by atoms with E-state index in [2.05, 4.69) is 19.6 Å². The first-order valence-corrected chi connectivity index (χ1v) is 9.35. The zero-order valence-electron chi connectivity index (χ0n) is 15.4. The predicted molar refractivity (Wildman–Crippen MR) is 103 cm³/mol. The van der Waals surface area contributed by atoms with Crippen molar-refractivity contribution >= 4 is 27.6 Å². The predicted octanol–water partition coefficient (Wildman–Crippen LogP) is 5.09. The van der Waals surface area contributed by atoms with Crippen LogP contribution in [0.15, 0.2) is 35.0 Å². The molecule has 0 spiro atoms. The molecule has 1 aliphatic rings. The van der Waals surface area contributed by atoms with E-state index in [1.165, 1.54) is 0 Å². The number of pyridine rings is 1. The summed E-state index contributed by atoms with van der Waals surface area (Å²) in [6.45, 7) is 9.22. The van der Waals surface area contributed by atoms with E-state index in [0.29, 0.717) is 24.9 Å². The fourth-order valence-electron chi connectivity index (χ4n) is 4.19. The zero-order valence-corrected chi connectivity index (χ0v) is 15.4. The van der Waals surface area contributed by atoms with Crippen molar-refractivity contribution in [2.45, 2.75) is 44.8 Å². The highest BCUT2D eigenvalue weighted by atomic mass is 19.1.